The molecule has 0 aliphatic carbocycles. The lowest BCUT2D eigenvalue weighted by Crippen LogP contribution is -2.21. The lowest BCUT2D eigenvalue weighted by Gasteiger charge is -2.24. The Hall–Kier alpha value is -2.88. The number of nitrogens with zero attached hydrogens (tertiary/aromatic N) is 3. The molecule has 0 saturated carbocycles. The molecule has 3 rings (SSSR count). The van der Waals surface area contributed by atoms with Crippen LogP contribution < -0.4 is 10.1 Å². The number of hydrazone groups is 1. The minimum atomic E-state index is -4.56. The molecule has 148 valence electrons. The normalized spacial score (nSPS) is 18.3. The molecule has 0 bridgehead atoms. The lowest BCUT2D eigenvalue weighted by atomic mass is 10.0. The Kier molecular flexibility index (Phi) is 5.16. The summed E-state index contributed by atoms with van der Waals surface area (Å²) in [4.78, 5) is -0.234. The van der Waals surface area contributed by atoms with Gasteiger partial charge in [0.05, 0.1) is 16.6 Å². The lowest BCUT2D eigenvalue weighted by molar-refractivity contribution is -0.215. The van der Waals surface area contributed by atoms with E-state index in [0.717, 1.165) is 6.92 Å². The molecule has 0 fully saturated rings. The highest BCUT2D eigenvalue weighted by atomic mass is 32.2. The number of benzene rings is 2. The van der Waals surface area contributed by atoms with Crippen molar-refractivity contribution in [3.8, 4) is 0 Å². The molecular weight excluding hydrogens is 395 g/mol. The van der Waals surface area contributed by atoms with Crippen molar-refractivity contribution in [1.29, 1.82) is 0 Å². The molecular formula is C18H15F3N3O3S-. The maximum absolute atomic E-state index is 13.2. The van der Waals surface area contributed by atoms with E-state index >= 15 is 0 Å². The third kappa shape index (κ3) is 4.16. The van der Waals surface area contributed by atoms with Crippen molar-refractivity contribution in [2.75, 3.05) is 5.01 Å². The summed E-state index contributed by atoms with van der Waals surface area (Å²) >= 11 is 0. The van der Waals surface area contributed by atoms with Crippen LogP contribution in [0.15, 0.2) is 69.0 Å². The quantitative estimate of drug-likeness (QED) is 0.573. The minimum Gasteiger partial charge on any atom is -0.861 e. The Morgan fingerprint density at radius 1 is 1.14 bits per heavy atom. The fraction of sp³-hybridized carbons (Fsp3) is 0.222. The van der Waals surface area contributed by atoms with Gasteiger partial charge in [0.2, 0.25) is 0 Å². The molecule has 1 heterocycles. The number of alkyl halides is 3. The van der Waals surface area contributed by atoms with Crippen LogP contribution >= 0.6 is 0 Å². The summed E-state index contributed by atoms with van der Waals surface area (Å²) in [6.45, 7) is 1.01. The molecule has 28 heavy (non-hydrogen) atoms. The molecule has 0 N–H and O–H groups in total. The fourth-order valence-electron chi connectivity index (χ4n) is 2.85. The highest BCUT2D eigenvalue weighted by Gasteiger charge is 2.43. The van der Waals surface area contributed by atoms with Gasteiger partial charge < -0.3 is 5.11 Å². The van der Waals surface area contributed by atoms with E-state index < -0.39 is 33.9 Å². The summed E-state index contributed by atoms with van der Waals surface area (Å²) in [5, 5.41) is 15.9. The molecule has 2 aromatic carbocycles. The summed E-state index contributed by atoms with van der Waals surface area (Å²) in [5.74, 6) is -0.868. The van der Waals surface area contributed by atoms with Crippen LogP contribution in [-0.2, 0) is 10.0 Å². The van der Waals surface area contributed by atoms with Gasteiger partial charge in [-0.3, -0.25) is 5.01 Å². The number of halogens is 3. The Balaban J connectivity index is 1.99. The van der Waals surface area contributed by atoms with Crippen LogP contribution in [0, 0.1) is 0 Å². The molecule has 0 aromatic heterocycles. The monoisotopic (exact) mass is 410 g/mol. The summed E-state index contributed by atoms with van der Waals surface area (Å²) in [7, 11) is -4.16. The second kappa shape index (κ2) is 7.27. The van der Waals surface area contributed by atoms with Gasteiger partial charge in [0, 0.05) is 6.42 Å². The maximum atomic E-state index is 13.2. The van der Waals surface area contributed by atoms with Gasteiger partial charge in [0.25, 0.3) is 10.0 Å². The van der Waals surface area contributed by atoms with Crippen LogP contribution in [0.4, 0.5) is 18.9 Å². The topological polar surface area (TPSA) is 85.2 Å². The van der Waals surface area contributed by atoms with Gasteiger partial charge in [-0.1, -0.05) is 30.3 Å². The largest absolute Gasteiger partial charge is 0.861 e. The van der Waals surface area contributed by atoms with E-state index in [1.165, 1.54) is 29.3 Å². The van der Waals surface area contributed by atoms with Crippen LogP contribution in [0.25, 0.3) is 0 Å². The first-order chi connectivity index (χ1) is 13.1. The molecule has 1 unspecified atom stereocenters. The standard InChI is InChI=1S/C18H16F3N3O3S/c1-12(25)23-28(26,27)15-9-7-14(8-10-15)24-16(13-5-3-2-4-6-13)11-17(22-24)18(19,20)21/h2-10,16H,11H2,1H3,(H,23,25)/p-1. The molecule has 1 aliphatic rings. The number of rotatable bonds is 4. The first-order valence-electron chi connectivity index (χ1n) is 8.15. The van der Waals surface area contributed by atoms with Crippen LogP contribution in [-0.4, -0.2) is 26.2 Å². The van der Waals surface area contributed by atoms with E-state index in [1.807, 2.05) is 0 Å². The van der Waals surface area contributed by atoms with Crippen LogP contribution in [0.3, 0.4) is 0 Å². The summed E-state index contributed by atoms with van der Waals surface area (Å²) < 4.78 is 66.6. The zero-order chi connectivity index (χ0) is 20.5. The third-order valence-electron chi connectivity index (χ3n) is 4.07. The number of hydrogen-bond donors (Lipinski definition) is 0. The highest BCUT2D eigenvalue weighted by Crippen LogP contribution is 2.39. The third-order valence-corrected chi connectivity index (χ3v) is 5.44. The van der Waals surface area contributed by atoms with Crippen molar-refractivity contribution in [3.05, 3.63) is 60.2 Å². The van der Waals surface area contributed by atoms with E-state index in [2.05, 4.69) is 9.50 Å². The predicted molar refractivity (Wildman–Crippen MR) is 96.5 cm³/mol. The molecule has 2 aromatic rings. The Bertz CT molecular complexity index is 1010. The highest BCUT2D eigenvalue weighted by molar-refractivity contribution is 7.90. The van der Waals surface area contributed by atoms with Crippen LogP contribution in [0.1, 0.15) is 24.9 Å². The van der Waals surface area contributed by atoms with E-state index in [1.54, 1.807) is 30.3 Å². The van der Waals surface area contributed by atoms with Crippen molar-refractivity contribution in [1.82, 2.24) is 0 Å². The van der Waals surface area contributed by atoms with E-state index in [4.69, 9.17) is 0 Å². The molecule has 10 heteroatoms. The number of sulfonamides is 1. The van der Waals surface area contributed by atoms with E-state index in [9.17, 15) is 26.7 Å². The molecule has 0 amide bonds. The molecule has 1 atom stereocenters. The van der Waals surface area contributed by atoms with Gasteiger partial charge >= 0.3 is 6.18 Å². The average molecular weight is 410 g/mol. The Morgan fingerprint density at radius 3 is 2.29 bits per heavy atom. The van der Waals surface area contributed by atoms with E-state index in [-0.39, 0.29) is 17.0 Å². The van der Waals surface area contributed by atoms with Crippen molar-refractivity contribution in [3.63, 3.8) is 0 Å². The van der Waals surface area contributed by atoms with Crippen molar-refractivity contribution in [2.24, 2.45) is 9.50 Å². The van der Waals surface area contributed by atoms with Gasteiger partial charge in [0.15, 0.2) is 0 Å². The number of hydrogen-bond acceptors (Lipinski definition) is 5. The summed E-state index contributed by atoms with van der Waals surface area (Å²) in [6, 6.07) is 13.0. The zero-order valence-corrected chi connectivity index (χ0v) is 15.4. The Morgan fingerprint density at radius 2 is 1.75 bits per heavy atom. The second-order valence-corrected chi connectivity index (χ2v) is 7.70. The number of anilines is 1. The summed E-state index contributed by atoms with van der Waals surface area (Å²) in [6.07, 6.45) is -4.89. The van der Waals surface area contributed by atoms with Gasteiger partial charge in [-0.15, -0.1) is 0 Å². The van der Waals surface area contributed by atoms with Gasteiger partial charge in [-0.2, -0.15) is 31.1 Å². The predicted octanol–water partition coefficient (Wildman–Crippen LogP) is 3.02. The van der Waals surface area contributed by atoms with Crippen LogP contribution in [0.2, 0.25) is 0 Å². The average Bonchev–Trinajstić information content (AvgIpc) is 3.07. The molecule has 1 aliphatic heterocycles. The fourth-order valence-corrected chi connectivity index (χ4v) is 3.77. The molecule has 0 spiro atoms. The summed E-state index contributed by atoms with van der Waals surface area (Å²) in [5.41, 5.74) is 0.0216. The first kappa shape index (κ1) is 19.9. The van der Waals surface area contributed by atoms with Crippen molar-refractivity contribution >= 4 is 27.3 Å². The Labute approximate surface area is 159 Å². The SMILES string of the molecule is CC([O-])=NS(=O)(=O)c1ccc(N2N=C(C(F)(F)F)CC2c2ccccc2)cc1. The van der Waals surface area contributed by atoms with Crippen molar-refractivity contribution in [2.45, 2.75) is 30.5 Å². The van der Waals surface area contributed by atoms with Crippen LogP contribution in [0.5, 0.6) is 0 Å². The molecule has 0 saturated heterocycles. The second-order valence-electron chi connectivity index (χ2n) is 6.10. The van der Waals surface area contributed by atoms with Gasteiger partial charge in [-0.05, 0) is 42.7 Å². The molecule has 0 radical (unpaired) electrons. The maximum Gasteiger partial charge on any atom is 0.431 e. The molecule has 6 nitrogen and oxygen atoms in total. The smallest absolute Gasteiger partial charge is 0.431 e. The van der Waals surface area contributed by atoms with Gasteiger partial charge in [-0.25, -0.2) is 0 Å². The van der Waals surface area contributed by atoms with E-state index in [0.29, 0.717) is 5.56 Å². The minimum absolute atomic E-state index is 0.234. The first-order valence-corrected chi connectivity index (χ1v) is 9.59. The van der Waals surface area contributed by atoms with Gasteiger partial charge in [0.1, 0.15) is 5.71 Å². The zero-order valence-electron chi connectivity index (χ0n) is 14.6. The van der Waals surface area contributed by atoms with Crippen molar-refractivity contribution < 1.29 is 26.7 Å².